The van der Waals surface area contributed by atoms with Gasteiger partial charge in [-0.25, -0.2) is 0 Å². The van der Waals surface area contributed by atoms with E-state index in [-0.39, 0.29) is 6.04 Å². The van der Waals surface area contributed by atoms with Gasteiger partial charge in [-0.15, -0.1) is 0 Å². The van der Waals surface area contributed by atoms with Gasteiger partial charge in [0, 0.05) is 17.4 Å². The molecule has 110 valence electrons. The largest absolute Gasteiger partial charge is 0.497 e. The smallest absolute Gasteiger partial charge is 0.250 e. The van der Waals surface area contributed by atoms with E-state index in [9.17, 15) is 4.79 Å². The molecule has 2 rings (SSSR count). The molecule has 2 aromatic rings. The molecular weight excluding hydrogens is 266 g/mol. The average molecular weight is 285 g/mol. The fourth-order valence-corrected chi connectivity index (χ4v) is 2.09. The Balaban J connectivity index is 2.16. The molecule has 0 aliphatic heterocycles. The molecule has 0 saturated heterocycles. The third kappa shape index (κ3) is 3.45. The monoisotopic (exact) mass is 285 g/mol. The summed E-state index contributed by atoms with van der Waals surface area (Å²) >= 11 is 0. The van der Waals surface area contributed by atoms with Gasteiger partial charge in [0.2, 0.25) is 0 Å². The molecule has 1 atom stereocenters. The zero-order valence-corrected chi connectivity index (χ0v) is 12.1. The normalized spacial score (nSPS) is 11.7. The van der Waals surface area contributed by atoms with Crippen LogP contribution in [-0.2, 0) is 0 Å². The van der Waals surface area contributed by atoms with Gasteiger partial charge in [-0.2, -0.15) is 0 Å². The number of nitrogens with two attached hydrogens (primary N) is 2. The molecular formula is C16H19N3O2. The lowest BCUT2D eigenvalue weighted by molar-refractivity contribution is 0.100. The number of nitrogen functional groups attached to an aromatic ring is 1. The highest BCUT2D eigenvalue weighted by Gasteiger charge is 2.09. The van der Waals surface area contributed by atoms with Gasteiger partial charge in [0.15, 0.2) is 0 Å². The van der Waals surface area contributed by atoms with Gasteiger partial charge in [-0.1, -0.05) is 12.1 Å². The molecule has 2 aromatic carbocycles. The summed E-state index contributed by atoms with van der Waals surface area (Å²) in [6, 6.07) is 13.0. The number of nitrogens with one attached hydrogen (secondary N) is 1. The molecule has 0 spiro atoms. The van der Waals surface area contributed by atoms with E-state index >= 15 is 0 Å². The van der Waals surface area contributed by atoms with Crippen LogP contribution in [0.1, 0.15) is 28.9 Å². The van der Waals surface area contributed by atoms with Crippen molar-refractivity contribution in [2.24, 2.45) is 5.73 Å². The number of hydrogen-bond acceptors (Lipinski definition) is 4. The van der Waals surface area contributed by atoms with E-state index in [2.05, 4.69) is 5.32 Å². The van der Waals surface area contributed by atoms with E-state index in [1.54, 1.807) is 19.2 Å². The Morgan fingerprint density at radius 2 is 1.86 bits per heavy atom. The van der Waals surface area contributed by atoms with Gasteiger partial charge in [0.1, 0.15) is 5.75 Å². The van der Waals surface area contributed by atoms with Crippen LogP contribution in [0.2, 0.25) is 0 Å². The Morgan fingerprint density at radius 3 is 2.43 bits per heavy atom. The highest BCUT2D eigenvalue weighted by molar-refractivity contribution is 5.98. The van der Waals surface area contributed by atoms with E-state index in [1.807, 2.05) is 37.3 Å². The quantitative estimate of drug-likeness (QED) is 0.736. The first kappa shape index (κ1) is 14.7. The molecule has 1 amide bonds. The first-order valence-corrected chi connectivity index (χ1v) is 6.61. The number of amides is 1. The molecule has 0 aromatic heterocycles. The molecule has 0 fully saturated rings. The molecule has 21 heavy (non-hydrogen) atoms. The molecule has 0 heterocycles. The fourth-order valence-electron chi connectivity index (χ4n) is 2.09. The fraction of sp³-hybridized carbons (Fsp3) is 0.188. The third-order valence-corrected chi connectivity index (χ3v) is 3.32. The minimum absolute atomic E-state index is 0.0697. The van der Waals surface area contributed by atoms with Crippen molar-refractivity contribution in [3.63, 3.8) is 0 Å². The maximum absolute atomic E-state index is 11.3. The molecule has 1 unspecified atom stereocenters. The maximum Gasteiger partial charge on any atom is 0.250 e. The van der Waals surface area contributed by atoms with Crippen LogP contribution in [0.3, 0.4) is 0 Å². The molecule has 5 heteroatoms. The number of carbonyl (C=O) groups is 1. The van der Waals surface area contributed by atoms with Crippen LogP contribution < -0.4 is 21.5 Å². The van der Waals surface area contributed by atoms with Crippen molar-refractivity contribution >= 4 is 17.3 Å². The molecule has 5 nitrogen and oxygen atoms in total. The summed E-state index contributed by atoms with van der Waals surface area (Å²) in [5, 5.41) is 3.31. The van der Waals surface area contributed by atoms with Crippen LogP contribution in [0.25, 0.3) is 0 Å². The van der Waals surface area contributed by atoms with Crippen LogP contribution in [0.4, 0.5) is 11.4 Å². The van der Waals surface area contributed by atoms with Gasteiger partial charge in [-0.05, 0) is 42.8 Å². The van der Waals surface area contributed by atoms with Crippen molar-refractivity contribution in [1.29, 1.82) is 0 Å². The lowest BCUT2D eigenvalue weighted by Gasteiger charge is -2.17. The van der Waals surface area contributed by atoms with Crippen LogP contribution in [0, 0.1) is 0 Å². The van der Waals surface area contributed by atoms with Gasteiger partial charge in [0.05, 0.1) is 12.7 Å². The first-order valence-electron chi connectivity index (χ1n) is 6.61. The van der Waals surface area contributed by atoms with Crippen molar-refractivity contribution in [3.05, 3.63) is 53.6 Å². The average Bonchev–Trinajstić information content (AvgIpc) is 2.49. The predicted molar refractivity (Wildman–Crippen MR) is 84.4 cm³/mol. The summed E-state index contributed by atoms with van der Waals surface area (Å²) in [6.45, 7) is 2.03. The minimum Gasteiger partial charge on any atom is -0.497 e. The number of ether oxygens (including phenoxy) is 1. The Kier molecular flexibility index (Phi) is 4.33. The van der Waals surface area contributed by atoms with Crippen molar-refractivity contribution in [1.82, 2.24) is 0 Å². The molecule has 5 N–H and O–H groups in total. The number of benzene rings is 2. The van der Waals surface area contributed by atoms with E-state index in [0.29, 0.717) is 11.3 Å². The Bertz CT molecular complexity index is 638. The number of anilines is 2. The van der Waals surface area contributed by atoms with Gasteiger partial charge in [-0.3, -0.25) is 4.79 Å². The Hall–Kier alpha value is -2.69. The Morgan fingerprint density at radius 1 is 1.19 bits per heavy atom. The number of hydrogen-bond donors (Lipinski definition) is 3. The summed E-state index contributed by atoms with van der Waals surface area (Å²) in [5.74, 6) is 0.280. The Labute approximate surface area is 123 Å². The second-order valence-electron chi connectivity index (χ2n) is 4.81. The van der Waals surface area contributed by atoms with Crippen molar-refractivity contribution < 1.29 is 9.53 Å². The zero-order valence-electron chi connectivity index (χ0n) is 12.1. The maximum atomic E-state index is 11.3. The van der Waals surface area contributed by atoms with E-state index in [0.717, 1.165) is 17.0 Å². The highest BCUT2D eigenvalue weighted by Crippen LogP contribution is 2.24. The summed E-state index contributed by atoms with van der Waals surface area (Å²) < 4.78 is 5.14. The van der Waals surface area contributed by atoms with Crippen LogP contribution in [-0.4, -0.2) is 13.0 Å². The van der Waals surface area contributed by atoms with Crippen LogP contribution >= 0.6 is 0 Å². The molecule has 0 radical (unpaired) electrons. The summed E-state index contributed by atoms with van der Waals surface area (Å²) in [4.78, 5) is 11.3. The van der Waals surface area contributed by atoms with Crippen molar-refractivity contribution in [3.8, 4) is 5.75 Å². The SMILES string of the molecule is COc1ccc(C(C)Nc2ccc(N)c(C(N)=O)c2)cc1. The number of methoxy groups -OCH3 is 1. The summed E-state index contributed by atoms with van der Waals surface area (Å²) in [6.07, 6.45) is 0. The molecule has 0 saturated carbocycles. The molecule has 0 aliphatic rings. The first-order chi connectivity index (χ1) is 10.0. The van der Waals surface area contributed by atoms with Crippen LogP contribution in [0.15, 0.2) is 42.5 Å². The molecule has 0 aliphatic carbocycles. The van der Waals surface area contributed by atoms with Gasteiger partial charge >= 0.3 is 0 Å². The van der Waals surface area contributed by atoms with E-state index < -0.39 is 5.91 Å². The van der Waals surface area contributed by atoms with Crippen molar-refractivity contribution in [2.75, 3.05) is 18.2 Å². The second kappa shape index (κ2) is 6.17. The number of rotatable bonds is 5. The summed E-state index contributed by atoms with van der Waals surface area (Å²) in [7, 11) is 1.64. The topological polar surface area (TPSA) is 90.4 Å². The zero-order chi connectivity index (χ0) is 15.4. The predicted octanol–water partition coefficient (Wildman–Crippen LogP) is 2.55. The minimum atomic E-state index is -0.534. The summed E-state index contributed by atoms with van der Waals surface area (Å²) in [5.41, 5.74) is 13.6. The van der Waals surface area contributed by atoms with E-state index in [1.165, 1.54) is 0 Å². The number of primary amides is 1. The van der Waals surface area contributed by atoms with Gasteiger partial charge < -0.3 is 21.5 Å². The van der Waals surface area contributed by atoms with Gasteiger partial charge in [0.25, 0.3) is 5.91 Å². The standard InChI is InChI=1S/C16H19N3O2/c1-10(11-3-6-13(21-2)7-4-11)19-12-5-8-15(17)14(9-12)16(18)20/h3-10,19H,17H2,1-2H3,(H2,18,20). The number of carbonyl (C=O) groups excluding carboxylic acids is 1. The highest BCUT2D eigenvalue weighted by atomic mass is 16.5. The van der Waals surface area contributed by atoms with Crippen LogP contribution in [0.5, 0.6) is 5.75 Å². The second-order valence-corrected chi connectivity index (χ2v) is 4.81. The van der Waals surface area contributed by atoms with Crippen molar-refractivity contribution in [2.45, 2.75) is 13.0 Å². The lowest BCUT2D eigenvalue weighted by atomic mass is 10.1. The van der Waals surface area contributed by atoms with E-state index in [4.69, 9.17) is 16.2 Å². The molecule has 0 bridgehead atoms. The lowest BCUT2D eigenvalue weighted by Crippen LogP contribution is -2.14. The third-order valence-electron chi connectivity index (χ3n) is 3.32.